The fourth-order valence-corrected chi connectivity index (χ4v) is 4.13. The molecule has 0 amide bonds. The SMILES string of the molecule is Cc1noc(C)c1[C@H]1CCCN1Cc1ccc(Sc2ncccn2)o1. The lowest BCUT2D eigenvalue weighted by Crippen LogP contribution is -2.23. The Morgan fingerprint density at radius 2 is 2.08 bits per heavy atom. The Morgan fingerprint density at radius 1 is 1.24 bits per heavy atom. The molecule has 0 N–H and O–H groups in total. The number of hydrogen-bond donors (Lipinski definition) is 0. The van der Waals surface area contributed by atoms with Crippen LogP contribution in [0.1, 0.15) is 41.7 Å². The number of nitrogens with zero attached hydrogens (tertiary/aromatic N) is 4. The van der Waals surface area contributed by atoms with E-state index in [4.69, 9.17) is 8.94 Å². The Balaban J connectivity index is 1.47. The van der Waals surface area contributed by atoms with Crippen LogP contribution in [0, 0.1) is 13.8 Å². The maximum absolute atomic E-state index is 5.98. The first-order chi connectivity index (χ1) is 12.2. The molecular weight excluding hydrogens is 336 g/mol. The zero-order chi connectivity index (χ0) is 17.2. The van der Waals surface area contributed by atoms with E-state index in [1.165, 1.54) is 23.7 Å². The van der Waals surface area contributed by atoms with Crippen LogP contribution < -0.4 is 0 Å². The minimum Gasteiger partial charge on any atom is -0.453 e. The molecule has 1 aliphatic rings. The van der Waals surface area contributed by atoms with Crippen molar-refractivity contribution in [3.05, 3.63) is 53.4 Å². The van der Waals surface area contributed by atoms with Crippen LogP contribution in [0.5, 0.6) is 0 Å². The highest BCUT2D eigenvalue weighted by Gasteiger charge is 2.31. The first-order valence-corrected chi connectivity index (χ1v) is 9.23. The molecule has 3 aromatic rings. The van der Waals surface area contributed by atoms with Gasteiger partial charge in [-0.3, -0.25) is 4.90 Å². The number of rotatable bonds is 5. The van der Waals surface area contributed by atoms with E-state index in [2.05, 4.69) is 20.0 Å². The van der Waals surface area contributed by atoms with Crippen molar-refractivity contribution < 1.29 is 8.94 Å². The van der Waals surface area contributed by atoms with Gasteiger partial charge in [-0.25, -0.2) is 9.97 Å². The van der Waals surface area contributed by atoms with Gasteiger partial charge < -0.3 is 8.94 Å². The first kappa shape index (κ1) is 16.4. The molecule has 130 valence electrons. The van der Waals surface area contributed by atoms with E-state index in [9.17, 15) is 0 Å². The van der Waals surface area contributed by atoms with E-state index < -0.39 is 0 Å². The molecule has 7 heteroatoms. The third kappa shape index (κ3) is 3.48. The monoisotopic (exact) mass is 356 g/mol. The third-order valence-electron chi connectivity index (χ3n) is 4.52. The van der Waals surface area contributed by atoms with Crippen LogP contribution in [0.4, 0.5) is 0 Å². The summed E-state index contributed by atoms with van der Waals surface area (Å²) < 4.78 is 11.3. The largest absolute Gasteiger partial charge is 0.453 e. The van der Waals surface area contributed by atoms with Gasteiger partial charge in [0, 0.05) is 24.0 Å². The van der Waals surface area contributed by atoms with Gasteiger partial charge in [-0.1, -0.05) is 5.16 Å². The average molecular weight is 356 g/mol. The van der Waals surface area contributed by atoms with Gasteiger partial charge >= 0.3 is 0 Å². The molecule has 0 bridgehead atoms. The Kier molecular flexibility index (Phi) is 4.59. The van der Waals surface area contributed by atoms with Crippen molar-refractivity contribution in [3.63, 3.8) is 0 Å². The molecule has 1 fully saturated rings. The molecule has 0 saturated carbocycles. The van der Waals surface area contributed by atoms with Crippen molar-refractivity contribution in [1.82, 2.24) is 20.0 Å². The Morgan fingerprint density at radius 3 is 2.84 bits per heavy atom. The van der Waals surface area contributed by atoms with Crippen molar-refractivity contribution in [2.75, 3.05) is 6.54 Å². The summed E-state index contributed by atoms with van der Waals surface area (Å²) >= 11 is 1.44. The van der Waals surface area contributed by atoms with Gasteiger partial charge in [-0.15, -0.1) is 0 Å². The van der Waals surface area contributed by atoms with Gasteiger partial charge in [-0.05, 0) is 63.2 Å². The molecule has 4 heterocycles. The maximum atomic E-state index is 5.98. The highest BCUT2D eigenvalue weighted by atomic mass is 32.2. The van der Waals surface area contributed by atoms with Crippen molar-refractivity contribution >= 4 is 11.8 Å². The summed E-state index contributed by atoms with van der Waals surface area (Å²) in [7, 11) is 0. The molecule has 0 unspecified atom stereocenters. The number of likely N-dealkylation sites (tertiary alicyclic amines) is 1. The molecule has 1 saturated heterocycles. The molecule has 25 heavy (non-hydrogen) atoms. The molecule has 0 aliphatic carbocycles. The van der Waals surface area contributed by atoms with E-state index in [-0.39, 0.29) is 0 Å². The quantitative estimate of drug-likeness (QED) is 0.636. The summed E-state index contributed by atoms with van der Waals surface area (Å²) in [5.74, 6) is 1.88. The number of hydrogen-bond acceptors (Lipinski definition) is 7. The Hall–Kier alpha value is -2.12. The Labute approximate surface area is 150 Å². The van der Waals surface area contributed by atoms with Crippen LogP contribution in [0.25, 0.3) is 0 Å². The molecule has 0 radical (unpaired) electrons. The molecular formula is C18H20N4O2S. The molecule has 6 nitrogen and oxygen atoms in total. The fourth-order valence-electron chi connectivity index (χ4n) is 3.43. The van der Waals surface area contributed by atoms with E-state index in [1.807, 2.05) is 26.0 Å². The fraction of sp³-hybridized carbons (Fsp3) is 0.389. The van der Waals surface area contributed by atoms with Crippen LogP contribution in [-0.2, 0) is 6.54 Å². The lowest BCUT2D eigenvalue weighted by atomic mass is 10.0. The van der Waals surface area contributed by atoms with Crippen molar-refractivity contribution in [3.8, 4) is 0 Å². The van der Waals surface area contributed by atoms with Gasteiger partial charge in [0.2, 0.25) is 0 Å². The van der Waals surface area contributed by atoms with E-state index >= 15 is 0 Å². The van der Waals surface area contributed by atoms with Crippen molar-refractivity contribution in [1.29, 1.82) is 0 Å². The second-order valence-corrected chi connectivity index (χ2v) is 7.19. The van der Waals surface area contributed by atoms with Gasteiger partial charge in [0.05, 0.1) is 12.2 Å². The summed E-state index contributed by atoms with van der Waals surface area (Å²) in [6, 6.07) is 6.18. The number of aromatic nitrogens is 3. The summed E-state index contributed by atoms with van der Waals surface area (Å²) in [5, 5.41) is 5.62. The van der Waals surface area contributed by atoms with E-state index in [0.717, 1.165) is 41.8 Å². The summed E-state index contributed by atoms with van der Waals surface area (Å²) in [6.07, 6.45) is 5.77. The smallest absolute Gasteiger partial charge is 0.195 e. The zero-order valence-corrected chi connectivity index (χ0v) is 15.1. The summed E-state index contributed by atoms with van der Waals surface area (Å²) in [6.45, 7) is 5.85. The predicted molar refractivity (Wildman–Crippen MR) is 93.2 cm³/mol. The average Bonchev–Trinajstić information content (AvgIpc) is 3.31. The van der Waals surface area contributed by atoms with E-state index in [0.29, 0.717) is 11.2 Å². The lowest BCUT2D eigenvalue weighted by Gasteiger charge is -2.23. The minimum atomic E-state index is 0.352. The second-order valence-electron chi connectivity index (χ2n) is 6.22. The van der Waals surface area contributed by atoms with Crippen LogP contribution in [-0.4, -0.2) is 26.6 Å². The standard InChI is InChI=1S/C18H20N4O2S/c1-12-17(13(2)24-21-12)15-5-3-10-22(15)11-14-6-7-16(23-14)25-18-19-8-4-9-20-18/h4,6-9,15H,3,5,10-11H2,1-2H3/t15-/m1/s1. The summed E-state index contributed by atoms with van der Waals surface area (Å²) in [4.78, 5) is 10.9. The van der Waals surface area contributed by atoms with Crippen LogP contribution >= 0.6 is 11.8 Å². The summed E-state index contributed by atoms with van der Waals surface area (Å²) in [5.41, 5.74) is 2.22. The molecule has 1 aliphatic heterocycles. The molecule has 0 spiro atoms. The van der Waals surface area contributed by atoms with Crippen LogP contribution in [0.2, 0.25) is 0 Å². The van der Waals surface area contributed by atoms with Crippen molar-refractivity contribution in [2.45, 2.75) is 49.5 Å². The normalized spacial score (nSPS) is 18.1. The second kappa shape index (κ2) is 7.01. The van der Waals surface area contributed by atoms with Crippen LogP contribution in [0.15, 0.2) is 49.8 Å². The topological polar surface area (TPSA) is 68.2 Å². The van der Waals surface area contributed by atoms with Gasteiger partial charge in [0.25, 0.3) is 0 Å². The van der Waals surface area contributed by atoms with Gasteiger partial charge in [-0.2, -0.15) is 0 Å². The molecule has 1 atom stereocenters. The maximum Gasteiger partial charge on any atom is 0.195 e. The zero-order valence-electron chi connectivity index (χ0n) is 14.3. The molecule has 4 rings (SSSR count). The highest BCUT2D eigenvalue weighted by Crippen LogP contribution is 2.37. The first-order valence-electron chi connectivity index (χ1n) is 8.41. The third-order valence-corrected chi connectivity index (χ3v) is 5.33. The number of furan rings is 1. The lowest BCUT2D eigenvalue weighted by molar-refractivity contribution is 0.220. The van der Waals surface area contributed by atoms with Crippen molar-refractivity contribution in [2.24, 2.45) is 0 Å². The van der Waals surface area contributed by atoms with Crippen LogP contribution in [0.3, 0.4) is 0 Å². The number of aryl methyl sites for hydroxylation is 2. The van der Waals surface area contributed by atoms with E-state index in [1.54, 1.807) is 18.5 Å². The molecule has 3 aromatic heterocycles. The highest BCUT2D eigenvalue weighted by molar-refractivity contribution is 7.99. The molecule has 0 aromatic carbocycles. The predicted octanol–water partition coefficient (Wildman–Crippen LogP) is 4.16. The minimum absolute atomic E-state index is 0.352. The van der Waals surface area contributed by atoms with Gasteiger partial charge in [0.15, 0.2) is 10.2 Å². The Bertz CT molecular complexity index is 826. The van der Waals surface area contributed by atoms with Gasteiger partial charge in [0.1, 0.15) is 11.5 Å².